The summed E-state index contributed by atoms with van der Waals surface area (Å²) in [7, 11) is 0. The van der Waals surface area contributed by atoms with Gasteiger partial charge in [0.15, 0.2) is 5.96 Å². The monoisotopic (exact) mass is 488 g/mol. The average molecular weight is 489 g/mol. The number of halogens is 1. The van der Waals surface area contributed by atoms with Gasteiger partial charge in [0.05, 0.1) is 35.4 Å². The third kappa shape index (κ3) is 4.20. The zero-order valence-electron chi connectivity index (χ0n) is 19.7. The summed E-state index contributed by atoms with van der Waals surface area (Å²) in [6, 6.07) is 5.38. The van der Waals surface area contributed by atoms with Crippen LogP contribution in [0.5, 0.6) is 0 Å². The van der Waals surface area contributed by atoms with Crippen LogP contribution < -0.4 is 10.6 Å². The second-order valence-corrected chi connectivity index (χ2v) is 10.7. The summed E-state index contributed by atoms with van der Waals surface area (Å²) < 4.78 is 11.4. The number of guanidine groups is 1. The van der Waals surface area contributed by atoms with Crippen molar-refractivity contribution in [1.82, 2.24) is 10.2 Å². The molecule has 6 atom stereocenters. The molecule has 1 saturated carbocycles. The Hall–Kier alpha value is -2.16. The van der Waals surface area contributed by atoms with E-state index in [1.807, 2.05) is 26.0 Å². The van der Waals surface area contributed by atoms with E-state index in [2.05, 4.69) is 10.6 Å². The number of nitrogens with one attached hydrogen (secondary N) is 3. The van der Waals surface area contributed by atoms with Gasteiger partial charge in [-0.05, 0) is 63.0 Å². The lowest BCUT2D eigenvalue weighted by atomic mass is 9.85. The number of benzene rings is 1. The van der Waals surface area contributed by atoms with E-state index in [-0.39, 0.29) is 42.3 Å². The van der Waals surface area contributed by atoms with Crippen molar-refractivity contribution in [2.45, 2.75) is 76.2 Å². The second kappa shape index (κ2) is 9.13. The molecule has 2 amide bonds. The highest BCUT2D eigenvalue weighted by atomic mass is 35.5. The van der Waals surface area contributed by atoms with Crippen LogP contribution in [0.3, 0.4) is 0 Å². The first-order valence-corrected chi connectivity index (χ1v) is 12.7. The Morgan fingerprint density at radius 1 is 1.29 bits per heavy atom. The Morgan fingerprint density at radius 3 is 2.88 bits per heavy atom. The maximum Gasteiger partial charge on any atom is 0.253 e. The third-order valence-corrected chi connectivity index (χ3v) is 8.34. The molecule has 1 aliphatic carbocycles. The second-order valence-electron chi connectivity index (χ2n) is 10.4. The van der Waals surface area contributed by atoms with Crippen LogP contribution in [0.15, 0.2) is 18.2 Å². The summed E-state index contributed by atoms with van der Waals surface area (Å²) in [6.45, 7) is 5.09. The van der Waals surface area contributed by atoms with Crippen LogP contribution in [0, 0.1) is 17.2 Å². The smallest absolute Gasteiger partial charge is 0.253 e. The number of ether oxygens (including phenoxy) is 2. The largest absolute Gasteiger partial charge is 0.378 e. The van der Waals surface area contributed by atoms with Crippen molar-refractivity contribution in [3.63, 3.8) is 0 Å². The van der Waals surface area contributed by atoms with Gasteiger partial charge in [0.2, 0.25) is 5.91 Å². The molecule has 0 spiro atoms. The molecule has 4 fully saturated rings. The highest BCUT2D eigenvalue weighted by molar-refractivity contribution is 6.34. The summed E-state index contributed by atoms with van der Waals surface area (Å²) in [4.78, 5) is 27.8. The van der Waals surface area contributed by atoms with Crippen molar-refractivity contribution in [2.75, 3.05) is 18.5 Å². The average Bonchev–Trinajstić information content (AvgIpc) is 3.38. The summed E-state index contributed by atoms with van der Waals surface area (Å²) >= 11 is 6.79. The summed E-state index contributed by atoms with van der Waals surface area (Å²) in [5, 5.41) is 15.2. The summed E-state index contributed by atoms with van der Waals surface area (Å²) in [6.07, 6.45) is 4.49. The number of amides is 2. The third-order valence-electron chi connectivity index (χ3n) is 7.94. The van der Waals surface area contributed by atoms with Crippen molar-refractivity contribution in [3.8, 4) is 0 Å². The number of hydrogen-bond donors (Lipinski definition) is 3. The number of carbonyl (C=O) groups excluding carboxylic acids is 2. The molecule has 9 heteroatoms. The number of hydrogen-bond acceptors (Lipinski definition) is 5. The molecule has 0 radical (unpaired) electrons. The van der Waals surface area contributed by atoms with Crippen molar-refractivity contribution < 1.29 is 19.1 Å². The van der Waals surface area contributed by atoms with Crippen LogP contribution in [0.25, 0.3) is 0 Å². The molecule has 0 unspecified atom stereocenters. The minimum absolute atomic E-state index is 0.0484. The number of anilines is 1. The standard InChI is InChI=1S/C25H33ClN4O4/c1-14-11-16(9-10-33-14)30-20(31)12-25(2,29-24(30)27)18-7-4-8-19(21(18)26)28-23(32)22-17-6-3-5-15(17)13-34-22/h4,7-8,14-17,22H,3,5-6,9-13H2,1-2H3,(H2,27,29)(H,28,32)/t14-,15+,16-,17+,22-,25+/m1/s1. The first kappa shape index (κ1) is 23.6. The Labute approximate surface area is 205 Å². The van der Waals surface area contributed by atoms with Crippen LogP contribution in [0.2, 0.25) is 5.02 Å². The lowest BCUT2D eigenvalue weighted by molar-refractivity contribution is -0.134. The van der Waals surface area contributed by atoms with Gasteiger partial charge in [0.1, 0.15) is 6.10 Å². The lowest BCUT2D eigenvalue weighted by Gasteiger charge is -2.45. The fourth-order valence-corrected chi connectivity index (χ4v) is 6.57. The zero-order chi connectivity index (χ0) is 24.0. The van der Waals surface area contributed by atoms with Gasteiger partial charge >= 0.3 is 0 Å². The van der Waals surface area contributed by atoms with Gasteiger partial charge in [-0.3, -0.25) is 19.9 Å². The van der Waals surface area contributed by atoms with E-state index in [1.165, 1.54) is 0 Å². The molecule has 3 aliphatic heterocycles. The number of nitrogens with zero attached hydrogens (tertiary/aromatic N) is 1. The first-order valence-electron chi connectivity index (χ1n) is 12.3. The molecule has 0 aromatic heterocycles. The molecule has 3 heterocycles. The molecule has 5 rings (SSSR count). The van der Waals surface area contributed by atoms with Crippen LogP contribution >= 0.6 is 11.6 Å². The van der Waals surface area contributed by atoms with E-state index in [4.69, 9.17) is 26.5 Å². The molecule has 4 aliphatic rings. The Morgan fingerprint density at radius 2 is 2.12 bits per heavy atom. The highest BCUT2D eigenvalue weighted by Gasteiger charge is 2.45. The van der Waals surface area contributed by atoms with Crippen molar-refractivity contribution >= 4 is 35.1 Å². The van der Waals surface area contributed by atoms with E-state index in [1.54, 1.807) is 11.0 Å². The van der Waals surface area contributed by atoms with Crippen LogP contribution in [0.1, 0.15) is 57.9 Å². The predicted molar refractivity (Wildman–Crippen MR) is 129 cm³/mol. The van der Waals surface area contributed by atoms with Gasteiger partial charge in [-0.15, -0.1) is 0 Å². The number of rotatable bonds is 4. The van der Waals surface area contributed by atoms with E-state index >= 15 is 0 Å². The summed E-state index contributed by atoms with van der Waals surface area (Å²) in [5.41, 5.74) is 0.313. The van der Waals surface area contributed by atoms with E-state index in [0.717, 1.165) is 19.3 Å². The van der Waals surface area contributed by atoms with Crippen LogP contribution in [0.4, 0.5) is 5.69 Å². The van der Waals surface area contributed by atoms with Gasteiger partial charge < -0.3 is 20.1 Å². The summed E-state index contributed by atoms with van der Waals surface area (Å²) in [5.74, 6) is 0.550. The minimum Gasteiger partial charge on any atom is -0.378 e. The van der Waals surface area contributed by atoms with Crippen LogP contribution in [-0.2, 0) is 24.6 Å². The van der Waals surface area contributed by atoms with Crippen molar-refractivity contribution in [2.24, 2.45) is 11.8 Å². The van der Waals surface area contributed by atoms with Gasteiger partial charge in [-0.25, -0.2) is 0 Å². The van der Waals surface area contributed by atoms with Gasteiger partial charge in [0, 0.05) is 12.6 Å². The SMILES string of the molecule is C[C@@H]1C[C@H](N2C(=N)N[C@](C)(c3cccc(NC(=O)[C@@H]4OC[C@@H]5CCC[C@@H]54)c3Cl)CC2=O)CCO1. The Bertz CT molecular complexity index is 983. The molecule has 3 saturated heterocycles. The topological polar surface area (TPSA) is 104 Å². The number of carbonyl (C=O) groups is 2. The van der Waals surface area contributed by atoms with E-state index in [9.17, 15) is 9.59 Å². The molecule has 1 aromatic rings. The highest BCUT2D eigenvalue weighted by Crippen LogP contribution is 2.42. The van der Waals surface area contributed by atoms with E-state index < -0.39 is 11.6 Å². The zero-order valence-corrected chi connectivity index (χ0v) is 20.5. The Kier molecular flexibility index (Phi) is 6.33. The van der Waals surface area contributed by atoms with Crippen molar-refractivity contribution in [1.29, 1.82) is 5.41 Å². The molecule has 1 aromatic carbocycles. The van der Waals surface area contributed by atoms with Gasteiger partial charge in [-0.2, -0.15) is 0 Å². The number of fused-ring (bicyclic) bond motifs is 1. The maximum absolute atomic E-state index is 13.2. The molecular weight excluding hydrogens is 456 g/mol. The van der Waals surface area contributed by atoms with Gasteiger partial charge in [0.25, 0.3) is 5.91 Å². The first-order chi connectivity index (χ1) is 16.3. The maximum atomic E-state index is 13.2. The molecule has 3 N–H and O–H groups in total. The lowest BCUT2D eigenvalue weighted by Crippen LogP contribution is -2.63. The fourth-order valence-electron chi connectivity index (χ4n) is 6.19. The molecule has 0 bridgehead atoms. The molecule has 184 valence electrons. The molecule has 34 heavy (non-hydrogen) atoms. The molecule has 8 nitrogen and oxygen atoms in total. The van der Waals surface area contributed by atoms with Gasteiger partial charge in [-0.1, -0.05) is 30.2 Å². The minimum atomic E-state index is -0.861. The van der Waals surface area contributed by atoms with Crippen molar-refractivity contribution in [3.05, 3.63) is 28.8 Å². The predicted octanol–water partition coefficient (Wildman–Crippen LogP) is 3.63. The quantitative estimate of drug-likeness (QED) is 0.600. The van der Waals surface area contributed by atoms with Crippen LogP contribution in [-0.4, -0.2) is 54.1 Å². The molecular formula is C25H33ClN4O4. The normalized spacial score (nSPS) is 35.7. The fraction of sp³-hybridized carbons (Fsp3) is 0.640. The van der Waals surface area contributed by atoms with E-state index in [0.29, 0.717) is 48.2 Å². The Balaban J connectivity index is 1.33.